The maximum Gasteiger partial charge on any atom is 0.171 e. The van der Waals surface area contributed by atoms with Crippen LogP contribution < -0.4 is 9.80 Å². The van der Waals surface area contributed by atoms with E-state index in [9.17, 15) is 0 Å². The van der Waals surface area contributed by atoms with E-state index >= 15 is 26.3 Å². The topological polar surface area (TPSA) is 32.8 Å². The first-order valence-corrected chi connectivity index (χ1v) is 24.1. The standard InChI is InChI=1S/C64H38F6N2O2/c1-63(2)51-15-3-5-17-53(51)64(54-18-6-4-16-52(54)63)49-25-23-39(71(41-29-35(65)27-36(66)30-41)57-21-9-13-45-43-11-7-19-55(69)59(43)73-61(45)57)33-47(49)48-34-40(24-26-50(48)64)72(42-31-37(67)28-38(68)32-42)58-22-10-14-46-44-12-8-20-56(70)60(44)74-62(46)58/h3-34H,1-2H3. The van der Waals surface area contributed by atoms with Crippen LogP contribution in [0.2, 0.25) is 0 Å². The number of rotatable bonds is 6. The summed E-state index contributed by atoms with van der Waals surface area (Å²) in [5, 5.41) is 2.27. The molecule has 0 saturated heterocycles. The highest BCUT2D eigenvalue weighted by molar-refractivity contribution is 6.12. The van der Waals surface area contributed by atoms with Gasteiger partial charge in [0.15, 0.2) is 34.0 Å². The molecule has 0 bridgehead atoms. The largest absolute Gasteiger partial charge is 0.451 e. The quantitative estimate of drug-likeness (QED) is 0.155. The van der Waals surface area contributed by atoms with Crippen LogP contribution in [0.1, 0.15) is 47.2 Å². The van der Waals surface area contributed by atoms with E-state index in [0.29, 0.717) is 55.5 Å². The number of hydrogen-bond donors (Lipinski definition) is 0. The first-order valence-electron chi connectivity index (χ1n) is 24.1. The van der Waals surface area contributed by atoms with Crippen molar-refractivity contribution in [2.75, 3.05) is 9.80 Å². The summed E-state index contributed by atoms with van der Waals surface area (Å²) in [5.74, 6) is -4.35. The van der Waals surface area contributed by atoms with E-state index in [1.807, 2.05) is 60.7 Å². The highest BCUT2D eigenvalue weighted by Gasteiger charge is 2.53. The Hall–Kier alpha value is -9.02. The average molecular weight is 981 g/mol. The number of hydrogen-bond acceptors (Lipinski definition) is 4. The summed E-state index contributed by atoms with van der Waals surface area (Å²) in [6.07, 6.45) is 0. The van der Waals surface area contributed by atoms with Gasteiger partial charge in [-0.1, -0.05) is 123 Å². The summed E-state index contributed by atoms with van der Waals surface area (Å²) in [6.45, 7) is 4.45. The Morgan fingerprint density at radius 3 is 1.09 bits per heavy atom. The molecule has 1 spiro atoms. The van der Waals surface area contributed by atoms with Gasteiger partial charge in [0.2, 0.25) is 0 Å². The zero-order valence-electron chi connectivity index (χ0n) is 39.5. The highest BCUT2D eigenvalue weighted by atomic mass is 19.2. The third kappa shape index (κ3) is 6.11. The highest BCUT2D eigenvalue weighted by Crippen LogP contribution is 2.63. The van der Waals surface area contributed by atoms with Crippen molar-refractivity contribution in [3.63, 3.8) is 0 Å². The van der Waals surface area contributed by atoms with Gasteiger partial charge in [-0.25, -0.2) is 26.3 Å². The summed E-state index contributed by atoms with van der Waals surface area (Å²) in [4.78, 5) is 3.41. The van der Waals surface area contributed by atoms with E-state index in [-0.39, 0.29) is 22.5 Å². The monoisotopic (exact) mass is 980 g/mol. The van der Waals surface area contributed by atoms with Gasteiger partial charge in [-0.05, 0) is 117 Å². The normalized spacial score (nSPS) is 13.9. The van der Waals surface area contributed by atoms with Gasteiger partial charge in [-0.3, -0.25) is 0 Å². The molecule has 10 heteroatoms. The van der Waals surface area contributed by atoms with Gasteiger partial charge in [-0.15, -0.1) is 0 Å². The van der Waals surface area contributed by atoms with Crippen molar-refractivity contribution in [2.45, 2.75) is 24.7 Å². The molecule has 0 saturated carbocycles. The molecule has 0 fully saturated rings. The summed E-state index contributed by atoms with van der Waals surface area (Å²) < 4.78 is 106. The third-order valence-corrected chi connectivity index (χ3v) is 15.2. The van der Waals surface area contributed by atoms with Crippen LogP contribution in [0.25, 0.3) is 55.0 Å². The maximum absolute atomic E-state index is 15.6. The molecule has 2 heterocycles. The van der Waals surface area contributed by atoms with Gasteiger partial charge in [0.1, 0.15) is 23.3 Å². The van der Waals surface area contributed by atoms with Crippen molar-refractivity contribution in [3.8, 4) is 11.1 Å². The second-order valence-electron chi connectivity index (χ2n) is 19.6. The Bertz CT molecular complexity index is 4050. The van der Waals surface area contributed by atoms with Crippen molar-refractivity contribution in [2.24, 2.45) is 0 Å². The van der Waals surface area contributed by atoms with Crippen molar-refractivity contribution >= 4 is 78.0 Å². The van der Waals surface area contributed by atoms with Crippen LogP contribution in [-0.4, -0.2) is 0 Å². The minimum atomic E-state index is -0.928. The number of para-hydroxylation sites is 4. The predicted octanol–water partition coefficient (Wildman–Crippen LogP) is 18.3. The molecule has 0 unspecified atom stereocenters. The van der Waals surface area contributed by atoms with E-state index in [0.717, 1.165) is 56.6 Å². The zero-order valence-corrected chi connectivity index (χ0v) is 39.5. The fourth-order valence-corrected chi connectivity index (χ4v) is 12.3. The molecule has 0 amide bonds. The lowest BCUT2D eigenvalue weighted by Crippen LogP contribution is -2.40. The summed E-state index contributed by atoms with van der Waals surface area (Å²) in [6, 6.07) is 55.5. The fraction of sp³-hybridized carbons (Fsp3) is 0.0625. The minimum absolute atomic E-state index is 0.0430. The van der Waals surface area contributed by atoms with Gasteiger partial charge >= 0.3 is 0 Å². The molecule has 0 radical (unpaired) electrons. The number of halogens is 6. The summed E-state index contributed by atoms with van der Waals surface area (Å²) >= 11 is 0. The number of furan rings is 2. The van der Waals surface area contributed by atoms with E-state index in [4.69, 9.17) is 8.83 Å². The Morgan fingerprint density at radius 1 is 0.324 bits per heavy atom. The van der Waals surface area contributed by atoms with Crippen LogP contribution >= 0.6 is 0 Å². The lowest BCUT2D eigenvalue weighted by Gasteiger charge is -2.46. The van der Waals surface area contributed by atoms with E-state index < -0.39 is 45.7 Å². The SMILES string of the molecule is CC1(C)c2ccccc2C2(c3ccc(N(c4cc(F)cc(F)c4)c4cccc5c4oc4c(F)cccc45)cc3-c3cc(N(c4cc(F)cc(F)c4)c4cccc5c4oc4c(F)cccc45)ccc32)c2ccccc21. The number of nitrogens with zero attached hydrogens (tertiary/aromatic N) is 2. The number of benzene rings is 10. The lowest BCUT2D eigenvalue weighted by atomic mass is 9.55. The van der Waals surface area contributed by atoms with Gasteiger partial charge in [0, 0.05) is 50.5 Å². The van der Waals surface area contributed by atoms with Crippen LogP contribution in [0.15, 0.2) is 203 Å². The van der Waals surface area contributed by atoms with Crippen LogP contribution in [-0.2, 0) is 10.8 Å². The van der Waals surface area contributed by atoms with Crippen molar-refractivity contribution < 1.29 is 35.2 Å². The molecule has 4 nitrogen and oxygen atoms in total. The Balaban J connectivity index is 1.08. The number of anilines is 6. The van der Waals surface area contributed by atoms with Crippen LogP contribution in [0.4, 0.5) is 60.5 Å². The van der Waals surface area contributed by atoms with Crippen molar-refractivity contribution in [1.82, 2.24) is 0 Å². The molecule has 12 aromatic rings. The average Bonchev–Trinajstić information content (AvgIpc) is 4.07. The molecule has 0 N–H and O–H groups in total. The Morgan fingerprint density at radius 2 is 0.689 bits per heavy atom. The molecule has 2 aliphatic carbocycles. The van der Waals surface area contributed by atoms with Gasteiger partial charge in [-0.2, -0.15) is 0 Å². The molecule has 10 aromatic carbocycles. The molecule has 2 aromatic heterocycles. The molecule has 2 aliphatic rings. The van der Waals surface area contributed by atoms with Crippen LogP contribution in [0, 0.1) is 34.9 Å². The molecular weight excluding hydrogens is 943 g/mol. The molecule has 0 atom stereocenters. The molecule has 358 valence electrons. The molecular formula is C64H38F6N2O2. The maximum atomic E-state index is 15.6. The third-order valence-electron chi connectivity index (χ3n) is 15.2. The van der Waals surface area contributed by atoms with E-state index in [2.05, 4.69) is 50.2 Å². The van der Waals surface area contributed by atoms with E-state index in [1.54, 1.807) is 58.3 Å². The van der Waals surface area contributed by atoms with Crippen LogP contribution in [0.5, 0.6) is 0 Å². The van der Waals surface area contributed by atoms with Gasteiger partial charge in [0.05, 0.1) is 28.2 Å². The lowest BCUT2D eigenvalue weighted by molar-refractivity contribution is 0.563. The number of fused-ring (bicyclic) bond motifs is 15. The second kappa shape index (κ2) is 15.7. The summed E-state index contributed by atoms with van der Waals surface area (Å²) in [5.41, 5.74) is 9.07. The smallest absolute Gasteiger partial charge is 0.171 e. The summed E-state index contributed by atoms with van der Waals surface area (Å²) in [7, 11) is 0. The first-order chi connectivity index (χ1) is 35.9. The predicted molar refractivity (Wildman–Crippen MR) is 280 cm³/mol. The van der Waals surface area contributed by atoms with Gasteiger partial charge in [0.25, 0.3) is 0 Å². The first kappa shape index (κ1) is 43.7. The van der Waals surface area contributed by atoms with Crippen molar-refractivity contribution in [1.29, 1.82) is 0 Å². The molecule has 14 rings (SSSR count). The minimum Gasteiger partial charge on any atom is -0.451 e. The van der Waals surface area contributed by atoms with Crippen LogP contribution in [0.3, 0.4) is 0 Å². The van der Waals surface area contributed by atoms with E-state index in [1.165, 1.54) is 36.4 Å². The zero-order chi connectivity index (χ0) is 50.4. The molecule has 0 aliphatic heterocycles. The Labute approximate surface area is 419 Å². The van der Waals surface area contributed by atoms with Gasteiger partial charge < -0.3 is 18.6 Å². The Kier molecular flexibility index (Phi) is 9.30. The van der Waals surface area contributed by atoms with Crippen molar-refractivity contribution in [3.05, 3.63) is 262 Å². The second-order valence-corrected chi connectivity index (χ2v) is 19.6. The fourth-order valence-electron chi connectivity index (χ4n) is 12.3. The molecule has 74 heavy (non-hydrogen) atoms.